The highest BCUT2D eigenvalue weighted by Gasteiger charge is 2.29. The normalized spacial score (nSPS) is 11.2. The van der Waals surface area contributed by atoms with E-state index in [1.165, 1.54) is 12.1 Å². The van der Waals surface area contributed by atoms with Crippen LogP contribution in [0.1, 0.15) is 11.1 Å². The minimum Gasteiger partial charge on any atom is -0.489 e. The molecule has 0 amide bonds. The highest BCUT2D eigenvalue weighted by molar-refractivity contribution is 5.34. The van der Waals surface area contributed by atoms with E-state index >= 15 is 0 Å². The summed E-state index contributed by atoms with van der Waals surface area (Å²) < 4.78 is 42.6. The van der Waals surface area contributed by atoms with Crippen molar-refractivity contribution in [3.63, 3.8) is 0 Å². The molecule has 0 radical (unpaired) electrons. The minimum absolute atomic E-state index is 0.252. The molecule has 3 nitrogen and oxygen atoms in total. The van der Waals surface area contributed by atoms with Gasteiger partial charge in [-0.25, -0.2) is 4.98 Å². The van der Waals surface area contributed by atoms with Gasteiger partial charge in [0.05, 0.1) is 5.56 Å². The topological polar surface area (TPSA) is 34.1 Å². The number of halogens is 3. The van der Waals surface area contributed by atoms with Crippen LogP contribution in [0.3, 0.4) is 0 Å². The summed E-state index contributed by atoms with van der Waals surface area (Å²) in [6.07, 6.45) is -2.68. The number of anilines is 1. The SMILES string of the molecule is CNc1ccc(COc2ccc(C(F)(F)F)cc2)cn1. The Hall–Kier alpha value is -2.24. The Morgan fingerprint density at radius 3 is 2.30 bits per heavy atom. The maximum atomic E-state index is 12.4. The van der Waals surface area contributed by atoms with Gasteiger partial charge in [-0.2, -0.15) is 13.2 Å². The minimum atomic E-state index is -4.33. The molecule has 0 unspecified atom stereocenters. The van der Waals surface area contributed by atoms with E-state index in [4.69, 9.17) is 4.74 Å². The molecule has 0 aliphatic carbocycles. The molecule has 0 bridgehead atoms. The van der Waals surface area contributed by atoms with Gasteiger partial charge in [0.2, 0.25) is 0 Å². The van der Waals surface area contributed by atoms with Crippen molar-refractivity contribution in [1.29, 1.82) is 0 Å². The standard InChI is InChI=1S/C14H13F3N2O/c1-18-13-7-2-10(8-19-13)9-20-12-5-3-11(4-6-12)14(15,16)17/h2-8H,9H2,1H3,(H,18,19). The zero-order chi connectivity index (χ0) is 14.6. The lowest BCUT2D eigenvalue weighted by Gasteiger charge is -2.09. The summed E-state index contributed by atoms with van der Waals surface area (Å²) in [6, 6.07) is 8.24. The Balaban J connectivity index is 1.96. The second kappa shape index (κ2) is 5.81. The molecule has 0 atom stereocenters. The van der Waals surface area contributed by atoms with Crippen molar-refractivity contribution in [2.75, 3.05) is 12.4 Å². The van der Waals surface area contributed by atoms with Crippen LogP contribution < -0.4 is 10.1 Å². The highest BCUT2D eigenvalue weighted by Crippen LogP contribution is 2.30. The number of alkyl halides is 3. The van der Waals surface area contributed by atoms with Gasteiger partial charge in [0.15, 0.2) is 0 Å². The van der Waals surface area contributed by atoms with Crippen LogP contribution >= 0.6 is 0 Å². The summed E-state index contributed by atoms with van der Waals surface area (Å²) in [7, 11) is 1.76. The molecule has 0 saturated heterocycles. The quantitative estimate of drug-likeness (QED) is 0.928. The molecule has 0 spiro atoms. The molecule has 0 saturated carbocycles. The van der Waals surface area contributed by atoms with Crippen molar-refractivity contribution < 1.29 is 17.9 Å². The molecular formula is C14H13F3N2O. The van der Waals surface area contributed by atoms with E-state index in [9.17, 15) is 13.2 Å². The first kappa shape index (κ1) is 14.2. The molecular weight excluding hydrogens is 269 g/mol. The zero-order valence-corrected chi connectivity index (χ0v) is 10.7. The second-order valence-electron chi connectivity index (χ2n) is 4.11. The summed E-state index contributed by atoms with van der Waals surface area (Å²) in [5, 5.41) is 2.89. The van der Waals surface area contributed by atoms with Gasteiger partial charge in [-0.1, -0.05) is 6.07 Å². The van der Waals surface area contributed by atoms with Crippen LogP contribution in [-0.4, -0.2) is 12.0 Å². The maximum Gasteiger partial charge on any atom is 0.416 e. The van der Waals surface area contributed by atoms with Gasteiger partial charge < -0.3 is 10.1 Å². The van der Waals surface area contributed by atoms with E-state index in [0.29, 0.717) is 5.75 Å². The molecule has 1 N–H and O–H groups in total. The maximum absolute atomic E-state index is 12.4. The van der Waals surface area contributed by atoms with E-state index in [1.807, 2.05) is 6.07 Å². The van der Waals surface area contributed by atoms with Gasteiger partial charge in [-0.15, -0.1) is 0 Å². The summed E-state index contributed by atoms with van der Waals surface area (Å²) in [6.45, 7) is 0.252. The first-order valence-electron chi connectivity index (χ1n) is 5.92. The number of ether oxygens (including phenoxy) is 1. The number of rotatable bonds is 4. The van der Waals surface area contributed by atoms with E-state index < -0.39 is 11.7 Å². The van der Waals surface area contributed by atoms with Crippen LogP contribution in [-0.2, 0) is 12.8 Å². The number of nitrogens with zero attached hydrogens (tertiary/aromatic N) is 1. The van der Waals surface area contributed by atoms with Crippen molar-refractivity contribution >= 4 is 5.82 Å². The van der Waals surface area contributed by atoms with Crippen LogP contribution in [0, 0.1) is 0 Å². The third kappa shape index (κ3) is 3.63. The fourth-order valence-corrected chi connectivity index (χ4v) is 1.56. The largest absolute Gasteiger partial charge is 0.489 e. The third-order valence-corrected chi connectivity index (χ3v) is 2.67. The molecule has 1 aromatic heterocycles. The number of aromatic nitrogens is 1. The number of nitrogens with one attached hydrogen (secondary N) is 1. The van der Waals surface area contributed by atoms with Crippen molar-refractivity contribution in [1.82, 2.24) is 4.98 Å². The summed E-state index contributed by atoms with van der Waals surface area (Å²) >= 11 is 0. The van der Waals surface area contributed by atoms with Crippen LogP contribution in [0.5, 0.6) is 5.75 Å². The predicted molar refractivity (Wildman–Crippen MR) is 69.6 cm³/mol. The second-order valence-corrected chi connectivity index (χ2v) is 4.11. The zero-order valence-electron chi connectivity index (χ0n) is 10.7. The molecule has 6 heteroatoms. The molecule has 0 aliphatic rings. The molecule has 1 heterocycles. The number of pyridine rings is 1. The van der Waals surface area contributed by atoms with E-state index in [-0.39, 0.29) is 6.61 Å². The van der Waals surface area contributed by atoms with Gasteiger partial charge in [-0.05, 0) is 30.3 Å². The molecule has 106 valence electrons. The van der Waals surface area contributed by atoms with Gasteiger partial charge in [0.1, 0.15) is 18.2 Å². The van der Waals surface area contributed by atoms with Crippen molar-refractivity contribution in [3.05, 3.63) is 53.7 Å². The van der Waals surface area contributed by atoms with Crippen molar-refractivity contribution in [2.24, 2.45) is 0 Å². The van der Waals surface area contributed by atoms with E-state index in [0.717, 1.165) is 23.5 Å². The average molecular weight is 282 g/mol. The first-order valence-corrected chi connectivity index (χ1v) is 5.92. The molecule has 0 fully saturated rings. The fraction of sp³-hybridized carbons (Fsp3) is 0.214. The van der Waals surface area contributed by atoms with Gasteiger partial charge in [0.25, 0.3) is 0 Å². The molecule has 1 aromatic carbocycles. The lowest BCUT2D eigenvalue weighted by atomic mass is 10.2. The predicted octanol–water partition coefficient (Wildman–Crippen LogP) is 3.72. The summed E-state index contributed by atoms with van der Waals surface area (Å²) in [5.74, 6) is 1.12. The smallest absolute Gasteiger partial charge is 0.416 e. The fourth-order valence-electron chi connectivity index (χ4n) is 1.56. The Bertz CT molecular complexity index is 550. The average Bonchev–Trinajstić information content (AvgIpc) is 2.45. The summed E-state index contributed by atoms with van der Waals surface area (Å²) in [5.41, 5.74) is 0.147. The Morgan fingerprint density at radius 2 is 1.80 bits per heavy atom. The van der Waals surface area contributed by atoms with E-state index in [2.05, 4.69) is 10.3 Å². The van der Waals surface area contributed by atoms with Gasteiger partial charge in [-0.3, -0.25) is 0 Å². The third-order valence-electron chi connectivity index (χ3n) is 2.67. The van der Waals surface area contributed by atoms with Gasteiger partial charge in [0, 0.05) is 18.8 Å². The van der Waals surface area contributed by atoms with Crippen molar-refractivity contribution in [3.8, 4) is 5.75 Å². The van der Waals surface area contributed by atoms with Crippen LogP contribution in [0.2, 0.25) is 0 Å². The Labute approximate surface area is 114 Å². The lowest BCUT2D eigenvalue weighted by molar-refractivity contribution is -0.137. The van der Waals surface area contributed by atoms with Crippen molar-refractivity contribution in [2.45, 2.75) is 12.8 Å². The van der Waals surface area contributed by atoms with Crippen LogP contribution in [0.15, 0.2) is 42.6 Å². The molecule has 2 aromatic rings. The molecule has 0 aliphatic heterocycles. The first-order chi connectivity index (χ1) is 9.49. The number of hydrogen-bond donors (Lipinski definition) is 1. The summed E-state index contributed by atoms with van der Waals surface area (Å²) in [4.78, 5) is 4.12. The molecule has 2 rings (SSSR count). The van der Waals surface area contributed by atoms with Crippen LogP contribution in [0.25, 0.3) is 0 Å². The van der Waals surface area contributed by atoms with Gasteiger partial charge >= 0.3 is 6.18 Å². The molecule has 20 heavy (non-hydrogen) atoms. The van der Waals surface area contributed by atoms with E-state index in [1.54, 1.807) is 19.3 Å². The Morgan fingerprint density at radius 1 is 1.10 bits per heavy atom. The monoisotopic (exact) mass is 282 g/mol. The highest BCUT2D eigenvalue weighted by atomic mass is 19.4. The number of hydrogen-bond acceptors (Lipinski definition) is 3. The Kier molecular flexibility index (Phi) is 4.12. The lowest BCUT2D eigenvalue weighted by Crippen LogP contribution is -2.04. The number of benzene rings is 1. The van der Waals surface area contributed by atoms with Crippen LogP contribution in [0.4, 0.5) is 19.0 Å².